The second kappa shape index (κ2) is 6.50. The van der Waals surface area contributed by atoms with Gasteiger partial charge < -0.3 is 5.32 Å². The summed E-state index contributed by atoms with van der Waals surface area (Å²) in [6, 6.07) is 4.21. The van der Waals surface area contributed by atoms with Crippen molar-refractivity contribution in [2.75, 3.05) is 6.54 Å². The highest BCUT2D eigenvalue weighted by Gasteiger charge is 2.12. The van der Waals surface area contributed by atoms with Gasteiger partial charge in [-0.1, -0.05) is 29.8 Å². The minimum Gasteiger partial charge on any atom is -0.351 e. The van der Waals surface area contributed by atoms with Gasteiger partial charge in [0.2, 0.25) is 0 Å². The maximum absolute atomic E-state index is 13.0. The molecule has 1 N–H and O–H groups in total. The largest absolute Gasteiger partial charge is 0.351 e. The van der Waals surface area contributed by atoms with Crippen molar-refractivity contribution in [2.24, 2.45) is 5.92 Å². The minimum absolute atomic E-state index is 0.198. The molecule has 0 aromatic heterocycles. The van der Waals surface area contributed by atoms with E-state index in [0.717, 1.165) is 0 Å². The van der Waals surface area contributed by atoms with E-state index in [4.69, 9.17) is 0 Å². The van der Waals surface area contributed by atoms with Crippen molar-refractivity contribution >= 4 is 37.8 Å². The third-order valence-corrected chi connectivity index (χ3v) is 4.35. The molecule has 5 heteroatoms. The quantitative estimate of drug-likeness (QED) is 0.808. The lowest BCUT2D eigenvalue weighted by Gasteiger charge is -2.14. The van der Waals surface area contributed by atoms with Crippen LogP contribution in [-0.2, 0) is 0 Å². The number of rotatable bonds is 4. The Labute approximate surface area is 117 Å². The Balaban J connectivity index is 2.61. The molecule has 1 amide bonds. The first-order valence-electron chi connectivity index (χ1n) is 5.29. The molecular weight excluding hydrogens is 353 g/mol. The number of alkyl halides is 1. The maximum Gasteiger partial charge on any atom is 0.251 e. The van der Waals surface area contributed by atoms with E-state index >= 15 is 0 Å². The van der Waals surface area contributed by atoms with Crippen molar-refractivity contribution in [1.82, 2.24) is 5.32 Å². The van der Waals surface area contributed by atoms with Crippen LogP contribution in [0.25, 0.3) is 0 Å². The van der Waals surface area contributed by atoms with E-state index in [1.54, 1.807) is 0 Å². The van der Waals surface area contributed by atoms with Crippen LogP contribution in [0.15, 0.2) is 22.7 Å². The predicted octanol–water partition coefficient (Wildman–Crippen LogP) is 3.74. The smallest absolute Gasteiger partial charge is 0.251 e. The van der Waals surface area contributed by atoms with Crippen molar-refractivity contribution in [3.05, 3.63) is 34.1 Å². The number of carbonyl (C=O) groups excluding carboxylic acids is 1. The van der Waals surface area contributed by atoms with Gasteiger partial charge in [0.15, 0.2) is 0 Å². The topological polar surface area (TPSA) is 29.1 Å². The van der Waals surface area contributed by atoms with Gasteiger partial charge in [-0.15, -0.1) is 0 Å². The van der Waals surface area contributed by atoms with Gasteiger partial charge in [0.1, 0.15) is 5.82 Å². The maximum atomic E-state index is 13.0. The molecule has 0 aliphatic rings. The zero-order valence-corrected chi connectivity index (χ0v) is 12.8. The zero-order valence-electron chi connectivity index (χ0n) is 9.64. The molecule has 0 aliphatic heterocycles. The van der Waals surface area contributed by atoms with Gasteiger partial charge >= 0.3 is 0 Å². The highest BCUT2D eigenvalue weighted by atomic mass is 79.9. The fourth-order valence-electron chi connectivity index (χ4n) is 1.17. The lowest BCUT2D eigenvalue weighted by atomic mass is 10.1. The molecule has 0 radical (unpaired) electrons. The van der Waals surface area contributed by atoms with Crippen LogP contribution in [0.2, 0.25) is 0 Å². The summed E-state index contributed by atoms with van der Waals surface area (Å²) in [5, 5.41) is 2.80. The summed E-state index contributed by atoms with van der Waals surface area (Å²) in [6.07, 6.45) is 0. The molecule has 0 aliphatic carbocycles. The Kier molecular flexibility index (Phi) is 5.59. The molecule has 2 nitrogen and oxygen atoms in total. The van der Waals surface area contributed by atoms with Crippen LogP contribution in [0.1, 0.15) is 24.2 Å². The lowest BCUT2D eigenvalue weighted by Crippen LogP contribution is -2.31. The summed E-state index contributed by atoms with van der Waals surface area (Å²) in [5.74, 6) is -0.131. The molecular formula is C12H14Br2FNO. The molecule has 0 saturated carbocycles. The van der Waals surface area contributed by atoms with Crippen LogP contribution in [-0.4, -0.2) is 17.3 Å². The van der Waals surface area contributed by atoms with E-state index in [-0.39, 0.29) is 16.6 Å². The average molecular weight is 367 g/mol. The van der Waals surface area contributed by atoms with E-state index in [2.05, 4.69) is 51.0 Å². The summed E-state index contributed by atoms with van der Waals surface area (Å²) in [6.45, 7) is 4.69. The first kappa shape index (κ1) is 14.6. The van der Waals surface area contributed by atoms with Gasteiger partial charge in [0.25, 0.3) is 5.91 Å². The Hall–Kier alpha value is -0.420. The number of hydrogen-bond acceptors (Lipinski definition) is 1. The van der Waals surface area contributed by atoms with E-state index in [0.29, 0.717) is 22.5 Å². The summed E-state index contributed by atoms with van der Waals surface area (Å²) < 4.78 is 13.3. The highest BCUT2D eigenvalue weighted by molar-refractivity contribution is 9.10. The predicted molar refractivity (Wildman–Crippen MR) is 74.0 cm³/mol. The third kappa shape index (κ3) is 4.39. The van der Waals surface area contributed by atoms with Gasteiger partial charge in [0, 0.05) is 16.9 Å². The van der Waals surface area contributed by atoms with Crippen molar-refractivity contribution in [2.45, 2.75) is 18.7 Å². The molecule has 0 bridgehead atoms. The van der Waals surface area contributed by atoms with Crippen LogP contribution >= 0.6 is 31.9 Å². The van der Waals surface area contributed by atoms with Gasteiger partial charge in [-0.3, -0.25) is 4.79 Å². The Morgan fingerprint density at radius 1 is 1.47 bits per heavy atom. The number of halogens is 3. The van der Waals surface area contributed by atoms with Crippen LogP contribution in [0.3, 0.4) is 0 Å². The standard InChI is InChI=1S/C12H14Br2FNO/c1-7(2)10(14)6-16-12(17)8-3-4-11(15)9(13)5-8/h3-5,7,10H,6H2,1-2H3,(H,16,17). The number of hydrogen-bond donors (Lipinski definition) is 1. The van der Waals surface area contributed by atoms with E-state index in [1.165, 1.54) is 18.2 Å². The van der Waals surface area contributed by atoms with Crippen molar-refractivity contribution in [3.8, 4) is 0 Å². The second-order valence-corrected chi connectivity index (χ2v) is 6.13. The van der Waals surface area contributed by atoms with Crippen LogP contribution in [0.5, 0.6) is 0 Å². The highest BCUT2D eigenvalue weighted by Crippen LogP contribution is 2.17. The fraction of sp³-hybridized carbons (Fsp3) is 0.417. The molecule has 0 spiro atoms. The van der Waals surface area contributed by atoms with E-state index in [9.17, 15) is 9.18 Å². The molecule has 94 valence electrons. The zero-order chi connectivity index (χ0) is 13.0. The third-order valence-electron chi connectivity index (χ3n) is 2.36. The molecule has 0 saturated heterocycles. The molecule has 1 aromatic carbocycles. The number of benzene rings is 1. The molecule has 1 aromatic rings. The van der Waals surface area contributed by atoms with Gasteiger partial charge in [0.05, 0.1) is 4.47 Å². The molecule has 0 fully saturated rings. The lowest BCUT2D eigenvalue weighted by molar-refractivity contribution is 0.0953. The number of nitrogens with one attached hydrogen (secondary N) is 1. The minimum atomic E-state index is -0.373. The van der Waals surface area contributed by atoms with Crippen molar-refractivity contribution in [1.29, 1.82) is 0 Å². The first-order chi connectivity index (χ1) is 7.91. The molecule has 1 unspecified atom stereocenters. The Morgan fingerprint density at radius 2 is 2.12 bits per heavy atom. The number of amides is 1. The second-order valence-electron chi connectivity index (χ2n) is 4.10. The molecule has 1 atom stereocenters. The first-order valence-corrected chi connectivity index (χ1v) is 7.00. The average Bonchev–Trinajstić information content (AvgIpc) is 2.28. The Morgan fingerprint density at radius 3 is 2.65 bits per heavy atom. The van der Waals surface area contributed by atoms with Crippen LogP contribution in [0, 0.1) is 11.7 Å². The SMILES string of the molecule is CC(C)C(Br)CNC(=O)c1ccc(F)c(Br)c1. The molecule has 1 rings (SSSR count). The van der Waals surface area contributed by atoms with Crippen molar-refractivity contribution < 1.29 is 9.18 Å². The molecule has 17 heavy (non-hydrogen) atoms. The van der Waals surface area contributed by atoms with E-state index in [1.807, 2.05) is 0 Å². The van der Waals surface area contributed by atoms with Crippen molar-refractivity contribution in [3.63, 3.8) is 0 Å². The number of carbonyl (C=O) groups is 1. The summed E-state index contributed by atoms with van der Waals surface area (Å²) in [7, 11) is 0. The normalized spacial score (nSPS) is 12.6. The summed E-state index contributed by atoms with van der Waals surface area (Å²) >= 11 is 6.54. The summed E-state index contributed by atoms with van der Waals surface area (Å²) in [4.78, 5) is 12.0. The van der Waals surface area contributed by atoms with Gasteiger partial charge in [-0.25, -0.2) is 4.39 Å². The molecule has 0 heterocycles. The summed E-state index contributed by atoms with van der Waals surface area (Å²) in [5.41, 5.74) is 0.446. The van der Waals surface area contributed by atoms with Crippen LogP contribution < -0.4 is 5.32 Å². The van der Waals surface area contributed by atoms with Crippen LogP contribution in [0.4, 0.5) is 4.39 Å². The fourth-order valence-corrected chi connectivity index (χ4v) is 1.71. The Bertz CT molecular complexity index is 409. The van der Waals surface area contributed by atoms with Gasteiger partial charge in [-0.05, 0) is 40.0 Å². The van der Waals surface area contributed by atoms with E-state index < -0.39 is 0 Å². The monoisotopic (exact) mass is 365 g/mol. The van der Waals surface area contributed by atoms with Gasteiger partial charge in [-0.2, -0.15) is 0 Å².